The molecule has 1 unspecified atom stereocenters. The molecular weight excluding hydrogens is 273 g/mol. The van der Waals surface area contributed by atoms with Crippen molar-refractivity contribution in [2.75, 3.05) is 11.9 Å². The van der Waals surface area contributed by atoms with E-state index in [1.165, 1.54) is 6.07 Å². The molecule has 2 rings (SSSR count). The van der Waals surface area contributed by atoms with Gasteiger partial charge in [-0.25, -0.2) is 4.39 Å². The van der Waals surface area contributed by atoms with E-state index in [0.29, 0.717) is 12.2 Å². The van der Waals surface area contributed by atoms with E-state index in [4.69, 9.17) is 4.74 Å². The SMILES string of the molecule is Fc1cc(Br)ccc1NCC1CCC=CO1. The zero-order valence-electron chi connectivity index (χ0n) is 8.75. The first-order valence-corrected chi connectivity index (χ1v) is 6.04. The number of anilines is 1. The minimum absolute atomic E-state index is 0.132. The summed E-state index contributed by atoms with van der Waals surface area (Å²) in [5.41, 5.74) is 0.515. The number of halogens is 2. The summed E-state index contributed by atoms with van der Waals surface area (Å²) in [4.78, 5) is 0. The standard InChI is InChI=1S/C12H13BrFNO/c13-9-4-5-12(11(14)7-9)15-8-10-3-1-2-6-16-10/h2,4-7,10,15H,1,3,8H2. The number of benzene rings is 1. The van der Waals surface area contributed by atoms with E-state index in [1.54, 1.807) is 12.3 Å². The van der Waals surface area contributed by atoms with Gasteiger partial charge in [0.05, 0.1) is 18.5 Å². The van der Waals surface area contributed by atoms with Gasteiger partial charge in [0.25, 0.3) is 0 Å². The summed E-state index contributed by atoms with van der Waals surface area (Å²) in [5, 5.41) is 3.06. The van der Waals surface area contributed by atoms with Crippen molar-refractivity contribution in [3.63, 3.8) is 0 Å². The predicted molar refractivity (Wildman–Crippen MR) is 65.8 cm³/mol. The van der Waals surface area contributed by atoms with Crippen molar-refractivity contribution in [1.82, 2.24) is 0 Å². The van der Waals surface area contributed by atoms with Crippen molar-refractivity contribution in [2.24, 2.45) is 0 Å². The molecule has 0 bridgehead atoms. The second-order valence-corrected chi connectivity index (χ2v) is 4.63. The monoisotopic (exact) mass is 285 g/mol. The Balaban J connectivity index is 1.91. The number of hydrogen-bond donors (Lipinski definition) is 1. The summed E-state index contributed by atoms with van der Waals surface area (Å²) < 4.78 is 19.6. The Morgan fingerprint density at radius 1 is 1.50 bits per heavy atom. The molecule has 1 N–H and O–H groups in total. The van der Waals surface area contributed by atoms with Crippen molar-refractivity contribution in [3.05, 3.63) is 40.8 Å². The van der Waals surface area contributed by atoms with Gasteiger partial charge >= 0.3 is 0 Å². The summed E-state index contributed by atoms with van der Waals surface area (Å²) in [6, 6.07) is 4.98. The zero-order valence-corrected chi connectivity index (χ0v) is 10.3. The van der Waals surface area contributed by atoms with Crippen LogP contribution in [0, 0.1) is 5.82 Å². The Bertz CT molecular complexity index is 395. The van der Waals surface area contributed by atoms with Crippen LogP contribution in [0.5, 0.6) is 0 Å². The predicted octanol–water partition coefficient (Wildman–Crippen LogP) is 3.69. The third-order valence-electron chi connectivity index (χ3n) is 2.47. The molecule has 4 heteroatoms. The van der Waals surface area contributed by atoms with Crippen molar-refractivity contribution < 1.29 is 9.13 Å². The largest absolute Gasteiger partial charge is 0.497 e. The third kappa shape index (κ3) is 2.98. The van der Waals surface area contributed by atoms with Crippen LogP contribution in [0.3, 0.4) is 0 Å². The van der Waals surface area contributed by atoms with Gasteiger partial charge in [0.1, 0.15) is 11.9 Å². The lowest BCUT2D eigenvalue weighted by atomic mass is 10.1. The quantitative estimate of drug-likeness (QED) is 0.915. The Morgan fingerprint density at radius 2 is 2.38 bits per heavy atom. The second kappa shape index (κ2) is 5.34. The van der Waals surface area contributed by atoms with E-state index in [0.717, 1.165) is 17.3 Å². The number of hydrogen-bond acceptors (Lipinski definition) is 2. The highest BCUT2D eigenvalue weighted by Gasteiger charge is 2.11. The molecule has 1 aliphatic heterocycles. The summed E-state index contributed by atoms with van der Waals surface area (Å²) >= 11 is 3.22. The lowest BCUT2D eigenvalue weighted by Crippen LogP contribution is -2.23. The van der Waals surface area contributed by atoms with E-state index in [2.05, 4.69) is 21.2 Å². The molecule has 1 aromatic carbocycles. The molecule has 0 aliphatic carbocycles. The lowest BCUT2D eigenvalue weighted by Gasteiger charge is -2.20. The van der Waals surface area contributed by atoms with Crippen molar-refractivity contribution in [1.29, 1.82) is 0 Å². The smallest absolute Gasteiger partial charge is 0.147 e. The zero-order chi connectivity index (χ0) is 11.4. The fraction of sp³-hybridized carbons (Fsp3) is 0.333. The molecule has 0 saturated heterocycles. The van der Waals surface area contributed by atoms with Crippen LogP contribution >= 0.6 is 15.9 Å². The van der Waals surface area contributed by atoms with Gasteiger partial charge in [-0.05, 0) is 37.1 Å². The number of allylic oxidation sites excluding steroid dienone is 1. The molecule has 0 aromatic heterocycles. The fourth-order valence-electron chi connectivity index (χ4n) is 1.59. The van der Waals surface area contributed by atoms with Crippen LogP contribution in [0.1, 0.15) is 12.8 Å². The van der Waals surface area contributed by atoms with Gasteiger partial charge in [0.15, 0.2) is 0 Å². The van der Waals surface area contributed by atoms with E-state index in [1.807, 2.05) is 12.1 Å². The molecule has 1 aromatic rings. The van der Waals surface area contributed by atoms with Gasteiger partial charge in [-0.15, -0.1) is 0 Å². The minimum atomic E-state index is -0.249. The lowest BCUT2D eigenvalue weighted by molar-refractivity contribution is 0.135. The molecule has 0 spiro atoms. The molecule has 0 saturated carbocycles. The maximum atomic E-state index is 13.5. The highest BCUT2D eigenvalue weighted by molar-refractivity contribution is 9.10. The van der Waals surface area contributed by atoms with Gasteiger partial charge in [0.2, 0.25) is 0 Å². The van der Waals surface area contributed by atoms with Crippen LogP contribution in [0.4, 0.5) is 10.1 Å². The van der Waals surface area contributed by atoms with Crippen LogP contribution < -0.4 is 5.32 Å². The number of ether oxygens (including phenoxy) is 1. The average Bonchev–Trinajstić information content (AvgIpc) is 2.29. The molecule has 1 heterocycles. The molecule has 1 atom stereocenters. The van der Waals surface area contributed by atoms with E-state index >= 15 is 0 Å². The first-order chi connectivity index (χ1) is 7.75. The van der Waals surface area contributed by atoms with Gasteiger partial charge in [-0.1, -0.05) is 15.9 Å². The Hall–Kier alpha value is -1.03. The normalized spacial score (nSPS) is 19.2. The fourth-order valence-corrected chi connectivity index (χ4v) is 1.92. The Morgan fingerprint density at radius 3 is 3.06 bits per heavy atom. The Labute approximate surface area is 103 Å². The van der Waals surface area contributed by atoms with Crippen molar-refractivity contribution in [2.45, 2.75) is 18.9 Å². The first-order valence-electron chi connectivity index (χ1n) is 5.25. The van der Waals surface area contributed by atoms with Gasteiger partial charge in [-0.3, -0.25) is 0 Å². The summed E-state index contributed by atoms with van der Waals surface area (Å²) in [6.45, 7) is 0.628. The molecule has 0 radical (unpaired) electrons. The maximum Gasteiger partial charge on any atom is 0.147 e. The molecule has 16 heavy (non-hydrogen) atoms. The highest BCUT2D eigenvalue weighted by atomic mass is 79.9. The molecular formula is C12H13BrFNO. The summed E-state index contributed by atoms with van der Waals surface area (Å²) in [5.74, 6) is -0.249. The highest BCUT2D eigenvalue weighted by Crippen LogP contribution is 2.20. The molecule has 1 aliphatic rings. The maximum absolute atomic E-state index is 13.5. The topological polar surface area (TPSA) is 21.3 Å². The number of nitrogens with one attached hydrogen (secondary N) is 1. The van der Waals surface area contributed by atoms with Crippen LogP contribution in [-0.4, -0.2) is 12.6 Å². The van der Waals surface area contributed by atoms with Gasteiger partial charge < -0.3 is 10.1 Å². The summed E-state index contributed by atoms with van der Waals surface area (Å²) in [6.07, 6.45) is 5.84. The Kier molecular flexibility index (Phi) is 3.83. The average molecular weight is 286 g/mol. The first kappa shape index (κ1) is 11.5. The molecule has 0 amide bonds. The van der Waals surface area contributed by atoms with Gasteiger partial charge in [-0.2, -0.15) is 0 Å². The third-order valence-corrected chi connectivity index (χ3v) is 2.97. The molecule has 2 nitrogen and oxygen atoms in total. The van der Waals surface area contributed by atoms with Crippen molar-refractivity contribution >= 4 is 21.6 Å². The van der Waals surface area contributed by atoms with Crippen molar-refractivity contribution in [3.8, 4) is 0 Å². The van der Waals surface area contributed by atoms with Gasteiger partial charge in [0, 0.05) is 4.47 Å². The van der Waals surface area contributed by atoms with Crippen LogP contribution in [0.15, 0.2) is 35.0 Å². The van der Waals surface area contributed by atoms with E-state index in [9.17, 15) is 4.39 Å². The van der Waals surface area contributed by atoms with Crippen LogP contribution in [0.25, 0.3) is 0 Å². The van der Waals surface area contributed by atoms with Crippen LogP contribution in [-0.2, 0) is 4.74 Å². The summed E-state index contributed by atoms with van der Waals surface area (Å²) in [7, 11) is 0. The molecule has 86 valence electrons. The second-order valence-electron chi connectivity index (χ2n) is 3.71. The van der Waals surface area contributed by atoms with Crippen LogP contribution in [0.2, 0.25) is 0 Å². The van der Waals surface area contributed by atoms with E-state index in [-0.39, 0.29) is 11.9 Å². The molecule has 0 fully saturated rings. The van der Waals surface area contributed by atoms with E-state index < -0.39 is 0 Å². The number of rotatable bonds is 3. The minimum Gasteiger partial charge on any atom is -0.497 e.